The fourth-order valence-electron chi connectivity index (χ4n) is 2.31. The minimum absolute atomic E-state index is 1.11. The van der Waals surface area contributed by atoms with Crippen LogP contribution < -0.4 is 5.32 Å². The minimum Gasteiger partial charge on any atom is -0.317 e. The molecule has 0 amide bonds. The van der Waals surface area contributed by atoms with Crippen LogP contribution in [0.4, 0.5) is 0 Å². The Balaban J connectivity index is 1.44. The maximum absolute atomic E-state index is 4.14. The second kappa shape index (κ2) is 9.27. The van der Waals surface area contributed by atoms with Gasteiger partial charge < -0.3 is 5.32 Å². The van der Waals surface area contributed by atoms with Crippen LogP contribution >= 0.6 is 0 Å². The van der Waals surface area contributed by atoms with Gasteiger partial charge in [0.2, 0.25) is 0 Å². The standard InChI is InChI=1S/C18H24N2/c1-2-8-17(9-3-1)11-6-14-19-13-5-4-10-18-12-7-15-20-16-18/h1-3,7-9,12,15-16,19H,4-6,10-11,13-14H2. The van der Waals surface area contributed by atoms with Gasteiger partial charge in [0.05, 0.1) is 0 Å². The van der Waals surface area contributed by atoms with Crippen LogP contribution in [0, 0.1) is 0 Å². The van der Waals surface area contributed by atoms with Crippen LogP contribution in [0.2, 0.25) is 0 Å². The number of rotatable bonds is 9. The maximum Gasteiger partial charge on any atom is 0.0299 e. The predicted octanol–water partition coefficient (Wildman–Crippen LogP) is 3.63. The number of nitrogens with zero attached hydrogens (tertiary/aromatic N) is 1. The minimum atomic E-state index is 1.11. The topological polar surface area (TPSA) is 24.9 Å². The molecular formula is C18H24N2. The van der Waals surface area contributed by atoms with Crippen LogP contribution in [0.15, 0.2) is 54.9 Å². The lowest BCUT2D eigenvalue weighted by Gasteiger charge is -2.05. The first kappa shape index (κ1) is 14.7. The Bertz CT molecular complexity index is 408. The summed E-state index contributed by atoms with van der Waals surface area (Å²) in [5.41, 5.74) is 2.78. The Labute approximate surface area is 122 Å². The van der Waals surface area contributed by atoms with Crippen LogP contribution in [-0.2, 0) is 12.8 Å². The van der Waals surface area contributed by atoms with E-state index < -0.39 is 0 Å². The zero-order valence-electron chi connectivity index (χ0n) is 12.1. The van der Waals surface area contributed by atoms with E-state index in [4.69, 9.17) is 0 Å². The number of hydrogen-bond donors (Lipinski definition) is 1. The van der Waals surface area contributed by atoms with Crippen molar-refractivity contribution in [2.75, 3.05) is 13.1 Å². The third-order valence-electron chi connectivity index (χ3n) is 3.45. The normalized spacial score (nSPS) is 10.6. The quantitative estimate of drug-likeness (QED) is 0.703. The molecule has 2 aromatic rings. The summed E-state index contributed by atoms with van der Waals surface area (Å²) in [7, 11) is 0. The van der Waals surface area contributed by atoms with Crippen LogP contribution in [0.5, 0.6) is 0 Å². The number of aromatic nitrogens is 1. The highest BCUT2D eigenvalue weighted by Crippen LogP contribution is 2.03. The van der Waals surface area contributed by atoms with Gasteiger partial charge in [0.15, 0.2) is 0 Å². The van der Waals surface area contributed by atoms with Crippen molar-refractivity contribution in [1.82, 2.24) is 10.3 Å². The van der Waals surface area contributed by atoms with Crippen molar-refractivity contribution < 1.29 is 0 Å². The Kier molecular flexibility index (Phi) is 6.83. The first-order valence-corrected chi connectivity index (χ1v) is 7.59. The van der Waals surface area contributed by atoms with Gasteiger partial charge in [-0.25, -0.2) is 0 Å². The summed E-state index contributed by atoms with van der Waals surface area (Å²) in [6.07, 6.45) is 9.79. The summed E-state index contributed by atoms with van der Waals surface area (Å²) in [5.74, 6) is 0. The summed E-state index contributed by atoms with van der Waals surface area (Å²) in [6, 6.07) is 14.9. The van der Waals surface area contributed by atoms with Gasteiger partial charge in [-0.2, -0.15) is 0 Å². The van der Waals surface area contributed by atoms with Crippen molar-refractivity contribution in [1.29, 1.82) is 0 Å². The molecule has 0 spiro atoms. The fraction of sp³-hybridized carbons (Fsp3) is 0.389. The molecule has 0 saturated carbocycles. The number of benzene rings is 1. The molecule has 106 valence electrons. The third kappa shape index (κ3) is 5.98. The summed E-state index contributed by atoms with van der Waals surface area (Å²) >= 11 is 0. The van der Waals surface area contributed by atoms with Crippen LogP contribution in [0.25, 0.3) is 0 Å². The zero-order valence-corrected chi connectivity index (χ0v) is 12.1. The molecule has 0 radical (unpaired) electrons. The summed E-state index contributed by atoms with van der Waals surface area (Å²) < 4.78 is 0. The van der Waals surface area contributed by atoms with Crippen molar-refractivity contribution in [2.45, 2.75) is 32.1 Å². The van der Waals surface area contributed by atoms with E-state index in [1.54, 1.807) is 0 Å². The van der Waals surface area contributed by atoms with E-state index in [9.17, 15) is 0 Å². The van der Waals surface area contributed by atoms with Crippen LogP contribution in [0.3, 0.4) is 0 Å². The van der Waals surface area contributed by atoms with Gasteiger partial charge in [-0.1, -0.05) is 36.4 Å². The van der Waals surface area contributed by atoms with Crippen molar-refractivity contribution in [3.05, 3.63) is 66.0 Å². The molecule has 0 aliphatic heterocycles. The Morgan fingerprint density at radius 2 is 1.50 bits per heavy atom. The van der Waals surface area contributed by atoms with E-state index >= 15 is 0 Å². The van der Waals surface area contributed by atoms with Gasteiger partial charge in [-0.15, -0.1) is 0 Å². The molecule has 2 rings (SSSR count). The predicted molar refractivity (Wildman–Crippen MR) is 84.8 cm³/mol. The molecule has 1 aromatic heterocycles. The SMILES string of the molecule is c1ccc(CCCNCCCCc2cccnc2)cc1. The average Bonchev–Trinajstić information content (AvgIpc) is 2.52. The number of unbranched alkanes of at least 4 members (excludes halogenated alkanes) is 1. The highest BCUT2D eigenvalue weighted by atomic mass is 14.8. The van der Waals surface area contributed by atoms with Gasteiger partial charge in [0.1, 0.15) is 0 Å². The molecule has 20 heavy (non-hydrogen) atoms. The third-order valence-corrected chi connectivity index (χ3v) is 3.45. The molecule has 0 atom stereocenters. The highest BCUT2D eigenvalue weighted by molar-refractivity contribution is 5.14. The Hall–Kier alpha value is -1.67. The number of aryl methyl sites for hydroxylation is 2. The molecule has 0 aliphatic rings. The first-order valence-electron chi connectivity index (χ1n) is 7.59. The molecule has 1 heterocycles. The lowest BCUT2D eigenvalue weighted by Crippen LogP contribution is -2.17. The van der Waals surface area contributed by atoms with E-state index in [-0.39, 0.29) is 0 Å². The van der Waals surface area contributed by atoms with E-state index in [1.165, 1.54) is 36.8 Å². The molecular weight excluding hydrogens is 244 g/mol. The molecule has 1 N–H and O–H groups in total. The second-order valence-corrected chi connectivity index (χ2v) is 5.16. The van der Waals surface area contributed by atoms with Gasteiger partial charge in [0, 0.05) is 12.4 Å². The Morgan fingerprint density at radius 1 is 0.750 bits per heavy atom. The van der Waals surface area contributed by atoms with E-state index in [2.05, 4.69) is 46.7 Å². The monoisotopic (exact) mass is 268 g/mol. The summed E-state index contributed by atoms with van der Waals surface area (Å²) in [5, 5.41) is 3.53. The number of hydrogen-bond acceptors (Lipinski definition) is 2. The second-order valence-electron chi connectivity index (χ2n) is 5.16. The van der Waals surface area contributed by atoms with Gasteiger partial charge in [-0.05, 0) is 62.4 Å². The number of nitrogens with one attached hydrogen (secondary N) is 1. The van der Waals surface area contributed by atoms with Crippen molar-refractivity contribution in [2.24, 2.45) is 0 Å². The summed E-state index contributed by atoms with van der Waals surface area (Å²) in [4.78, 5) is 4.14. The smallest absolute Gasteiger partial charge is 0.0299 e. The van der Waals surface area contributed by atoms with Crippen molar-refractivity contribution in [3.8, 4) is 0 Å². The largest absolute Gasteiger partial charge is 0.317 e. The lowest BCUT2D eigenvalue weighted by atomic mass is 10.1. The molecule has 0 bridgehead atoms. The molecule has 1 aromatic carbocycles. The molecule has 0 unspecified atom stereocenters. The average molecular weight is 268 g/mol. The zero-order chi connectivity index (χ0) is 13.9. The van der Waals surface area contributed by atoms with E-state index in [0.29, 0.717) is 0 Å². The molecule has 2 heteroatoms. The lowest BCUT2D eigenvalue weighted by molar-refractivity contribution is 0.603. The van der Waals surface area contributed by atoms with Gasteiger partial charge in [-0.3, -0.25) is 4.98 Å². The van der Waals surface area contributed by atoms with Crippen molar-refractivity contribution >= 4 is 0 Å². The Morgan fingerprint density at radius 3 is 2.30 bits per heavy atom. The van der Waals surface area contributed by atoms with Crippen LogP contribution in [-0.4, -0.2) is 18.1 Å². The summed E-state index contributed by atoms with van der Waals surface area (Å²) in [6.45, 7) is 2.23. The molecule has 2 nitrogen and oxygen atoms in total. The number of pyridine rings is 1. The maximum atomic E-state index is 4.14. The van der Waals surface area contributed by atoms with E-state index in [0.717, 1.165) is 19.5 Å². The van der Waals surface area contributed by atoms with Gasteiger partial charge >= 0.3 is 0 Å². The van der Waals surface area contributed by atoms with E-state index in [1.807, 2.05) is 18.5 Å². The fourth-order valence-corrected chi connectivity index (χ4v) is 2.31. The van der Waals surface area contributed by atoms with Gasteiger partial charge in [0.25, 0.3) is 0 Å². The van der Waals surface area contributed by atoms with Crippen LogP contribution in [0.1, 0.15) is 30.4 Å². The highest BCUT2D eigenvalue weighted by Gasteiger charge is 1.94. The molecule has 0 saturated heterocycles. The van der Waals surface area contributed by atoms with Crippen molar-refractivity contribution in [3.63, 3.8) is 0 Å². The first-order chi connectivity index (χ1) is 9.95. The molecule has 0 fully saturated rings. The molecule has 0 aliphatic carbocycles.